The Kier molecular flexibility index (Phi) is 6.05. The van der Waals surface area contributed by atoms with Crippen molar-refractivity contribution in [3.05, 3.63) is 84.2 Å². The van der Waals surface area contributed by atoms with E-state index in [0.29, 0.717) is 29.7 Å². The molecule has 4 rings (SSSR count). The Morgan fingerprint density at radius 2 is 1.79 bits per heavy atom. The number of aromatic nitrogens is 1. The number of pyridine rings is 1. The van der Waals surface area contributed by atoms with Gasteiger partial charge in [-0.2, -0.15) is 0 Å². The molecule has 2 aromatic carbocycles. The molecule has 0 unspecified atom stereocenters. The van der Waals surface area contributed by atoms with Gasteiger partial charge in [0.1, 0.15) is 18.1 Å². The van der Waals surface area contributed by atoms with Gasteiger partial charge in [0.2, 0.25) is 0 Å². The molecule has 1 fully saturated rings. The molecule has 5 nitrogen and oxygen atoms in total. The van der Waals surface area contributed by atoms with E-state index in [1.807, 2.05) is 48.5 Å². The molecule has 0 spiro atoms. The standard InChI is InChI=1S/C24H24N2O3/c27-24(18-11-13-22(14-12-18)29-21-8-1-2-9-21)26-19-7-5-10-23(16-19)28-17-20-6-3-4-15-25-20/h3-7,10-16,21H,1-2,8-9,17H2,(H,26,27). The first-order chi connectivity index (χ1) is 14.3. The number of nitrogens with one attached hydrogen (secondary N) is 1. The number of anilines is 1. The van der Waals surface area contributed by atoms with Crippen molar-refractivity contribution < 1.29 is 14.3 Å². The molecule has 148 valence electrons. The Morgan fingerprint density at radius 1 is 0.966 bits per heavy atom. The largest absolute Gasteiger partial charge is 0.490 e. The van der Waals surface area contributed by atoms with Gasteiger partial charge in [0.05, 0.1) is 11.8 Å². The zero-order valence-corrected chi connectivity index (χ0v) is 16.2. The minimum Gasteiger partial charge on any atom is -0.490 e. The van der Waals surface area contributed by atoms with Crippen LogP contribution in [0.15, 0.2) is 72.9 Å². The lowest BCUT2D eigenvalue weighted by Gasteiger charge is -2.13. The van der Waals surface area contributed by atoms with E-state index in [-0.39, 0.29) is 5.91 Å². The van der Waals surface area contributed by atoms with Crippen LogP contribution in [0.2, 0.25) is 0 Å². The summed E-state index contributed by atoms with van der Waals surface area (Å²) in [5, 5.41) is 2.91. The zero-order valence-electron chi connectivity index (χ0n) is 16.2. The number of hydrogen-bond donors (Lipinski definition) is 1. The van der Waals surface area contributed by atoms with Gasteiger partial charge in [0.25, 0.3) is 5.91 Å². The Bertz CT molecular complexity index is 936. The summed E-state index contributed by atoms with van der Waals surface area (Å²) in [7, 11) is 0. The molecule has 29 heavy (non-hydrogen) atoms. The minimum atomic E-state index is -0.167. The van der Waals surface area contributed by atoms with E-state index >= 15 is 0 Å². The monoisotopic (exact) mass is 388 g/mol. The molecule has 0 aliphatic heterocycles. The highest BCUT2D eigenvalue weighted by Gasteiger charge is 2.16. The topological polar surface area (TPSA) is 60.5 Å². The van der Waals surface area contributed by atoms with Crippen molar-refractivity contribution >= 4 is 11.6 Å². The third kappa shape index (κ3) is 5.35. The molecule has 5 heteroatoms. The average molecular weight is 388 g/mol. The van der Waals surface area contributed by atoms with Crippen molar-refractivity contribution in [2.24, 2.45) is 0 Å². The van der Waals surface area contributed by atoms with Crippen LogP contribution in [0.5, 0.6) is 11.5 Å². The molecule has 1 aliphatic rings. The van der Waals surface area contributed by atoms with E-state index < -0.39 is 0 Å². The van der Waals surface area contributed by atoms with Crippen molar-refractivity contribution in [2.75, 3.05) is 5.32 Å². The predicted molar refractivity (Wildman–Crippen MR) is 112 cm³/mol. The van der Waals surface area contributed by atoms with Gasteiger partial charge in [-0.1, -0.05) is 12.1 Å². The maximum absolute atomic E-state index is 12.6. The van der Waals surface area contributed by atoms with Gasteiger partial charge in [-0.3, -0.25) is 9.78 Å². The normalized spacial score (nSPS) is 13.8. The Morgan fingerprint density at radius 3 is 2.55 bits per heavy atom. The third-order valence-electron chi connectivity index (χ3n) is 4.93. The molecule has 1 N–H and O–H groups in total. The first-order valence-electron chi connectivity index (χ1n) is 9.97. The summed E-state index contributed by atoms with van der Waals surface area (Å²) in [4.78, 5) is 16.8. The van der Waals surface area contributed by atoms with Gasteiger partial charge in [-0.25, -0.2) is 0 Å². The minimum absolute atomic E-state index is 0.167. The van der Waals surface area contributed by atoms with Crippen molar-refractivity contribution in [2.45, 2.75) is 38.4 Å². The molecule has 0 atom stereocenters. The van der Waals surface area contributed by atoms with Gasteiger partial charge >= 0.3 is 0 Å². The highest BCUT2D eigenvalue weighted by molar-refractivity contribution is 6.04. The van der Waals surface area contributed by atoms with Crippen LogP contribution in [-0.4, -0.2) is 17.0 Å². The molecular formula is C24H24N2O3. The van der Waals surface area contributed by atoms with Crippen molar-refractivity contribution in [3.63, 3.8) is 0 Å². The second kappa shape index (κ2) is 9.24. The van der Waals surface area contributed by atoms with Gasteiger partial charge in [-0.05, 0) is 74.2 Å². The Hall–Kier alpha value is -3.34. The number of ether oxygens (including phenoxy) is 2. The first kappa shape index (κ1) is 19.0. The van der Waals surface area contributed by atoms with Crippen molar-refractivity contribution in [3.8, 4) is 11.5 Å². The number of hydrogen-bond acceptors (Lipinski definition) is 4. The van der Waals surface area contributed by atoms with Crippen LogP contribution in [0.1, 0.15) is 41.7 Å². The summed E-state index contributed by atoms with van der Waals surface area (Å²) in [6.45, 7) is 0.376. The van der Waals surface area contributed by atoms with E-state index in [2.05, 4.69) is 10.3 Å². The first-order valence-corrected chi connectivity index (χ1v) is 9.97. The number of nitrogens with zero attached hydrogens (tertiary/aromatic N) is 1. The molecule has 1 aliphatic carbocycles. The predicted octanol–water partition coefficient (Wildman–Crippen LogP) is 5.23. The van der Waals surface area contributed by atoms with Gasteiger partial charge in [0.15, 0.2) is 0 Å². The number of carbonyl (C=O) groups is 1. The van der Waals surface area contributed by atoms with Crippen LogP contribution < -0.4 is 14.8 Å². The number of carbonyl (C=O) groups excluding carboxylic acids is 1. The maximum atomic E-state index is 12.6. The van der Waals surface area contributed by atoms with Crippen LogP contribution >= 0.6 is 0 Å². The molecule has 0 radical (unpaired) electrons. The lowest BCUT2D eigenvalue weighted by molar-refractivity contribution is 0.102. The van der Waals surface area contributed by atoms with E-state index in [9.17, 15) is 4.79 Å². The summed E-state index contributed by atoms with van der Waals surface area (Å²) in [5.74, 6) is 1.33. The average Bonchev–Trinajstić information content (AvgIpc) is 3.27. The number of benzene rings is 2. The van der Waals surface area contributed by atoms with E-state index in [4.69, 9.17) is 9.47 Å². The molecule has 1 aromatic heterocycles. The summed E-state index contributed by atoms with van der Waals surface area (Å²) in [6, 6.07) is 20.4. The van der Waals surface area contributed by atoms with Crippen LogP contribution in [0.3, 0.4) is 0 Å². The highest BCUT2D eigenvalue weighted by atomic mass is 16.5. The van der Waals surface area contributed by atoms with Gasteiger partial charge in [-0.15, -0.1) is 0 Å². The third-order valence-corrected chi connectivity index (χ3v) is 4.93. The summed E-state index contributed by atoms with van der Waals surface area (Å²) in [6.07, 6.45) is 6.73. The fourth-order valence-electron chi connectivity index (χ4n) is 3.39. The molecule has 0 saturated heterocycles. The van der Waals surface area contributed by atoms with Crippen LogP contribution in [0.4, 0.5) is 5.69 Å². The number of rotatable bonds is 7. The zero-order chi connectivity index (χ0) is 19.9. The smallest absolute Gasteiger partial charge is 0.255 e. The van der Waals surface area contributed by atoms with Crippen LogP contribution in [-0.2, 0) is 6.61 Å². The lowest BCUT2D eigenvalue weighted by Crippen LogP contribution is -2.13. The second-order valence-electron chi connectivity index (χ2n) is 7.14. The van der Waals surface area contributed by atoms with Gasteiger partial charge < -0.3 is 14.8 Å². The van der Waals surface area contributed by atoms with E-state index in [1.54, 1.807) is 24.4 Å². The van der Waals surface area contributed by atoms with Crippen molar-refractivity contribution in [1.82, 2.24) is 4.98 Å². The molecule has 0 bridgehead atoms. The van der Waals surface area contributed by atoms with Gasteiger partial charge in [0, 0.05) is 23.5 Å². The lowest BCUT2D eigenvalue weighted by atomic mass is 10.2. The van der Waals surface area contributed by atoms with E-state index in [1.165, 1.54) is 12.8 Å². The van der Waals surface area contributed by atoms with Crippen LogP contribution in [0.25, 0.3) is 0 Å². The fraction of sp³-hybridized carbons (Fsp3) is 0.250. The SMILES string of the molecule is O=C(Nc1cccc(OCc2ccccn2)c1)c1ccc(OC2CCCC2)cc1. The molecule has 1 heterocycles. The summed E-state index contributed by atoms with van der Waals surface area (Å²) < 4.78 is 11.7. The second-order valence-corrected chi connectivity index (χ2v) is 7.14. The summed E-state index contributed by atoms with van der Waals surface area (Å²) >= 11 is 0. The molecule has 1 saturated carbocycles. The Balaban J connectivity index is 1.34. The summed E-state index contributed by atoms with van der Waals surface area (Å²) in [5.41, 5.74) is 2.12. The molecule has 1 amide bonds. The van der Waals surface area contributed by atoms with Crippen LogP contribution in [0, 0.1) is 0 Å². The highest BCUT2D eigenvalue weighted by Crippen LogP contribution is 2.24. The number of amides is 1. The van der Waals surface area contributed by atoms with Crippen molar-refractivity contribution in [1.29, 1.82) is 0 Å². The Labute approximate surface area is 170 Å². The van der Waals surface area contributed by atoms with E-state index in [0.717, 1.165) is 24.3 Å². The quantitative estimate of drug-likeness (QED) is 0.602. The molecular weight excluding hydrogens is 364 g/mol. The molecule has 3 aromatic rings. The fourth-order valence-corrected chi connectivity index (χ4v) is 3.39. The maximum Gasteiger partial charge on any atom is 0.255 e.